The summed E-state index contributed by atoms with van der Waals surface area (Å²) in [6.07, 6.45) is 0. The van der Waals surface area contributed by atoms with Gasteiger partial charge in [0.1, 0.15) is 0 Å². The molecule has 0 amide bonds. The van der Waals surface area contributed by atoms with E-state index in [2.05, 4.69) is 129 Å². The van der Waals surface area contributed by atoms with Gasteiger partial charge in [0.15, 0.2) is 0 Å². The fourth-order valence-corrected chi connectivity index (χ4v) is 4.83. The molecule has 4 aromatic carbocycles. The van der Waals surface area contributed by atoms with Crippen LogP contribution >= 0.6 is 0 Å². The van der Waals surface area contributed by atoms with Gasteiger partial charge in [0, 0.05) is 16.5 Å². The number of nitrogens with zero attached hydrogens (tertiary/aromatic N) is 1. The molecule has 1 saturated heterocycles. The zero-order valence-electron chi connectivity index (χ0n) is 20.1. The Labute approximate surface area is 201 Å². The van der Waals surface area contributed by atoms with Gasteiger partial charge >= 0.3 is 7.12 Å². The number of fused-ring (bicyclic) bond motifs is 3. The van der Waals surface area contributed by atoms with E-state index in [-0.39, 0.29) is 18.3 Å². The van der Waals surface area contributed by atoms with E-state index in [1.807, 2.05) is 0 Å². The zero-order chi connectivity index (χ0) is 23.5. The molecule has 0 bridgehead atoms. The SMILES string of the molecule is CC1(C)OB(c2ccc3c(c2)c2ccc(-c4ccccc4)cc2n3-c2ccccc2)OC1(C)C. The highest BCUT2D eigenvalue weighted by molar-refractivity contribution is 6.62. The van der Waals surface area contributed by atoms with E-state index < -0.39 is 0 Å². The van der Waals surface area contributed by atoms with Gasteiger partial charge in [0.05, 0.1) is 22.2 Å². The number of aromatic nitrogens is 1. The predicted octanol–water partition coefficient (Wildman–Crippen LogP) is 6.75. The van der Waals surface area contributed by atoms with Crippen LogP contribution in [0.15, 0.2) is 97.1 Å². The second kappa shape index (κ2) is 7.59. The second-order valence-electron chi connectivity index (χ2n) is 10.1. The molecule has 0 N–H and O–H groups in total. The molecule has 0 saturated carbocycles. The topological polar surface area (TPSA) is 23.4 Å². The minimum Gasteiger partial charge on any atom is -0.399 e. The van der Waals surface area contributed by atoms with Crippen molar-refractivity contribution in [3.63, 3.8) is 0 Å². The van der Waals surface area contributed by atoms with Crippen LogP contribution in [0, 0.1) is 0 Å². The highest BCUT2D eigenvalue weighted by atomic mass is 16.7. The summed E-state index contributed by atoms with van der Waals surface area (Å²) < 4.78 is 15.1. The van der Waals surface area contributed by atoms with Gasteiger partial charge in [-0.15, -0.1) is 0 Å². The maximum atomic E-state index is 6.35. The summed E-state index contributed by atoms with van der Waals surface area (Å²) in [5, 5.41) is 2.42. The summed E-state index contributed by atoms with van der Waals surface area (Å²) in [6.45, 7) is 8.38. The van der Waals surface area contributed by atoms with E-state index in [1.165, 1.54) is 32.9 Å². The fraction of sp³-hybridized carbons (Fsp3) is 0.200. The van der Waals surface area contributed by atoms with Crippen molar-refractivity contribution in [3.8, 4) is 16.8 Å². The average molecular weight is 445 g/mol. The van der Waals surface area contributed by atoms with Crippen LogP contribution in [0.25, 0.3) is 38.6 Å². The van der Waals surface area contributed by atoms with Crippen LogP contribution in [0.4, 0.5) is 0 Å². The maximum absolute atomic E-state index is 6.35. The summed E-state index contributed by atoms with van der Waals surface area (Å²) in [6, 6.07) is 34.4. The third kappa shape index (κ3) is 3.29. The molecule has 6 rings (SSSR count). The highest BCUT2D eigenvalue weighted by Crippen LogP contribution is 2.38. The Balaban J connectivity index is 1.57. The monoisotopic (exact) mass is 445 g/mol. The van der Waals surface area contributed by atoms with E-state index in [1.54, 1.807) is 0 Å². The first-order valence-electron chi connectivity index (χ1n) is 11.9. The first-order chi connectivity index (χ1) is 16.3. The smallest absolute Gasteiger partial charge is 0.399 e. The number of hydrogen-bond donors (Lipinski definition) is 0. The van der Waals surface area contributed by atoms with Crippen LogP contribution in [0.2, 0.25) is 0 Å². The Morgan fingerprint density at radius 1 is 0.588 bits per heavy atom. The lowest BCUT2D eigenvalue weighted by molar-refractivity contribution is 0.00578. The summed E-state index contributed by atoms with van der Waals surface area (Å²) in [7, 11) is -0.381. The number of para-hydroxylation sites is 1. The molecule has 0 aliphatic carbocycles. The summed E-state index contributed by atoms with van der Waals surface area (Å²) in [5.41, 5.74) is 6.25. The minimum atomic E-state index is -0.381. The fourth-order valence-electron chi connectivity index (χ4n) is 4.83. The van der Waals surface area contributed by atoms with Crippen LogP contribution in [0.5, 0.6) is 0 Å². The number of rotatable bonds is 3. The van der Waals surface area contributed by atoms with Gasteiger partial charge < -0.3 is 13.9 Å². The Morgan fingerprint density at radius 3 is 1.91 bits per heavy atom. The van der Waals surface area contributed by atoms with Crippen molar-refractivity contribution in [1.82, 2.24) is 4.57 Å². The highest BCUT2D eigenvalue weighted by Gasteiger charge is 2.51. The van der Waals surface area contributed by atoms with Gasteiger partial charge in [0.25, 0.3) is 0 Å². The van der Waals surface area contributed by atoms with Crippen molar-refractivity contribution in [2.45, 2.75) is 38.9 Å². The van der Waals surface area contributed by atoms with Crippen molar-refractivity contribution in [1.29, 1.82) is 0 Å². The Bertz CT molecular complexity index is 1490. The molecule has 0 spiro atoms. The van der Waals surface area contributed by atoms with Gasteiger partial charge in [-0.2, -0.15) is 0 Å². The molecule has 1 aliphatic heterocycles. The van der Waals surface area contributed by atoms with Gasteiger partial charge in [-0.05, 0) is 68.6 Å². The summed E-state index contributed by atoms with van der Waals surface area (Å²) in [4.78, 5) is 0. The van der Waals surface area contributed by atoms with E-state index in [0.717, 1.165) is 11.2 Å². The summed E-state index contributed by atoms with van der Waals surface area (Å²) >= 11 is 0. The third-order valence-electron chi connectivity index (χ3n) is 7.44. The summed E-state index contributed by atoms with van der Waals surface area (Å²) in [5.74, 6) is 0. The molecule has 2 heterocycles. The van der Waals surface area contributed by atoms with E-state index >= 15 is 0 Å². The van der Waals surface area contributed by atoms with Crippen LogP contribution in [-0.2, 0) is 9.31 Å². The molecular formula is C30H28BNO2. The second-order valence-corrected chi connectivity index (χ2v) is 10.1. The molecule has 1 aromatic heterocycles. The normalized spacial score (nSPS) is 17.0. The van der Waals surface area contributed by atoms with Crippen LogP contribution in [0.1, 0.15) is 27.7 Å². The van der Waals surface area contributed by atoms with Crippen molar-refractivity contribution >= 4 is 34.4 Å². The number of benzene rings is 4. The van der Waals surface area contributed by atoms with Gasteiger partial charge in [-0.1, -0.05) is 72.8 Å². The predicted molar refractivity (Wildman–Crippen MR) is 142 cm³/mol. The third-order valence-corrected chi connectivity index (χ3v) is 7.44. The largest absolute Gasteiger partial charge is 0.494 e. The molecular weight excluding hydrogens is 417 g/mol. The molecule has 1 aliphatic rings. The van der Waals surface area contributed by atoms with Crippen LogP contribution in [0.3, 0.4) is 0 Å². The molecule has 0 radical (unpaired) electrons. The first kappa shape index (κ1) is 21.2. The lowest BCUT2D eigenvalue weighted by atomic mass is 9.78. The van der Waals surface area contributed by atoms with Crippen molar-refractivity contribution in [2.75, 3.05) is 0 Å². The van der Waals surface area contributed by atoms with Crippen LogP contribution in [-0.4, -0.2) is 22.9 Å². The Morgan fingerprint density at radius 2 is 1.24 bits per heavy atom. The molecule has 1 fully saturated rings. The molecule has 34 heavy (non-hydrogen) atoms. The van der Waals surface area contributed by atoms with Gasteiger partial charge in [-0.3, -0.25) is 0 Å². The lowest BCUT2D eigenvalue weighted by Gasteiger charge is -2.32. The maximum Gasteiger partial charge on any atom is 0.494 e. The minimum absolute atomic E-state index is 0.366. The molecule has 0 unspecified atom stereocenters. The number of hydrogen-bond acceptors (Lipinski definition) is 2. The zero-order valence-corrected chi connectivity index (χ0v) is 20.1. The molecule has 0 atom stereocenters. The Hall–Kier alpha value is -3.34. The van der Waals surface area contributed by atoms with Crippen molar-refractivity contribution in [3.05, 3.63) is 97.1 Å². The molecule has 168 valence electrons. The quantitative estimate of drug-likeness (QED) is 0.287. The Kier molecular flexibility index (Phi) is 4.74. The van der Waals surface area contributed by atoms with Crippen molar-refractivity contribution in [2.24, 2.45) is 0 Å². The van der Waals surface area contributed by atoms with E-state index in [9.17, 15) is 0 Å². The molecule has 4 heteroatoms. The lowest BCUT2D eigenvalue weighted by Crippen LogP contribution is -2.41. The van der Waals surface area contributed by atoms with E-state index in [0.29, 0.717) is 0 Å². The molecule has 3 nitrogen and oxygen atoms in total. The van der Waals surface area contributed by atoms with Crippen LogP contribution < -0.4 is 5.46 Å². The standard InChI is InChI=1S/C30H28BNO2/c1-29(2)30(3,4)34-31(33-29)23-16-18-27-26(20-23)25-17-15-22(21-11-7-5-8-12-21)19-28(25)32(27)24-13-9-6-10-14-24/h5-20H,1-4H3. The van der Waals surface area contributed by atoms with Gasteiger partial charge in [0.2, 0.25) is 0 Å². The average Bonchev–Trinajstić information content (AvgIpc) is 3.28. The first-order valence-corrected chi connectivity index (χ1v) is 11.9. The van der Waals surface area contributed by atoms with E-state index in [4.69, 9.17) is 9.31 Å². The van der Waals surface area contributed by atoms with Gasteiger partial charge in [-0.25, -0.2) is 0 Å². The van der Waals surface area contributed by atoms with Crippen molar-refractivity contribution < 1.29 is 9.31 Å². The molecule has 5 aromatic rings.